The van der Waals surface area contributed by atoms with Crippen LogP contribution >= 0.6 is 0 Å². The molecule has 0 aliphatic heterocycles. The summed E-state index contributed by atoms with van der Waals surface area (Å²) in [6, 6.07) is 12.0. The maximum absolute atomic E-state index is 12.5. The zero-order valence-electron chi connectivity index (χ0n) is 17.0. The van der Waals surface area contributed by atoms with Crippen LogP contribution in [0.4, 0.5) is 0 Å². The van der Waals surface area contributed by atoms with E-state index in [4.69, 9.17) is 0 Å². The van der Waals surface area contributed by atoms with E-state index in [1.807, 2.05) is 39.0 Å². The number of sulfone groups is 1. The third-order valence-electron chi connectivity index (χ3n) is 5.02. The molecule has 28 heavy (non-hydrogen) atoms. The van der Waals surface area contributed by atoms with Crippen molar-refractivity contribution >= 4 is 21.5 Å². The highest BCUT2D eigenvalue weighted by Gasteiger charge is 2.20. The van der Waals surface area contributed by atoms with Gasteiger partial charge in [-0.05, 0) is 50.1 Å². The largest absolute Gasteiger partial charge is 0.339 e. The number of nitrogens with zero attached hydrogens (tertiary/aromatic N) is 1. The third-order valence-corrected chi connectivity index (χ3v) is 6.15. The highest BCUT2D eigenvalue weighted by molar-refractivity contribution is 7.90. The molecular weight excluding hydrogens is 374 g/mol. The molecule has 0 aliphatic carbocycles. The van der Waals surface area contributed by atoms with Crippen LogP contribution in [0.1, 0.15) is 52.9 Å². The van der Waals surface area contributed by atoms with Crippen LogP contribution in [-0.2, 0) is 14.6 Å². The Labute approximate surface area is 167 Å². The van der Waals surface area contributed by atoms with E-state index in [2.05, 4.69) is 0 Å². The van der Waals surface area contributed by atoms with E-state index in [-0.39, 0.29) is 35.5 Å². The zero-order valence-corrected chi connectivity index (χ0v) is 17.8. The van der Waals surface area contributed by atoms with Crippen LogP contribution in [-0.4, -0.2) is 38.3 Å². The fourth-order valence-electron chi connectivity index (χ4n) is 3.00. The lowest BCUT2D eigenvalue weighted by Gasteiger charge is -2.25. The third kappa shape index (κ3) is 5.29. The lowest BCUT2D eigenvalue weighted by atomic mass is 9.99. The van der Waals surface area contributed by atoms with Crippen LogP contribution in [0.3, 0.4) is 0 Å². The van der Waals surface area contributed by atoms with Gasteiger partial charge in [-0.15, -0.1) is 0 Å². The number of hydrogen-bond donors (Lipinski definition) is 0. The minimum atomic E-state index is -3.25. The predicted molar refractivity (Wildman–Crippen MR) is 110 cm³/mol. The summed E-state index contributed by atoms with van der Waals surface area (Å²) in [6.07, 6.45) is 1.45. The fourth-order valence-corrected chi connectivity index (χ4v) is 3.63. The van der Waals surface area contributed by atoms with Crippen LogP contribution < -0.4 is 0 Å². The van der Waals surface area contributed by atoms with Crippen molar-refractivity contribution in [1.29, 1.82) is 0 Å². The number of rotatable bonds is 7. The van der Waals surface area contributed by atoms with E-state index < -0.39 is 9.84 Å². The normalized spacial score (nSPS) is 12.5. The van der Waals surface area contributed by atoms with E-state index in [1.165, 1.54) is 0 Å². The van der Waals surface area contributed by atoms with Gasteiger partial charge in [-0.1, -0.05) is 29.8 Å². The fraction of sp³-hybridized carbons (Fsp3) is 0.364. The average Bonchev–Trinajstić information content (AvgIpc) is 2.65. The number of hydrogen-bond acceptors (Lipinski definition) is 4. The Morgan fingerprint density at radius 2 is 1.61 bits per heavy atom. The van der Waals surface area contributed by atoms with E-state index >= 15 is 0 Å². The molecule has 0 saturated carbocycles. The van der Waals surface area contributed by atoms with Crippen molar-refractivity contribution in [3.05, 3.63) is 64.7 Å². The molecule has 1 unspecified atom stereocenters. The van der Waals surface area contributed by atoms with Crippen molar-refractivity contribution < 1.29 is 18.0 Å². The van der Waals surface area contributed by atoms with Crippen molar-refractivity contribution in [2.75, 3.05) is 13.3 Å². The van der Waals surface area contributed by atoms with Gasteiger partial charge in [0.1, 0.15) is 0 Å². The molecule has 0 saturated heterocycles. The molecule has 0 heterocycles. The monoisotopic (exact) mass is 401 g/mol. The van der Waals surface area contributed by atoms with Crippen molar-refractivity contribution in [3.63, 3.8) is 0 Å². The standard InChI is InChI=1S/C22H27NO4S/c1-15-6-7-16(2)20(14-15)21(24)12-13-22(25)23(4)17(3)18-8-10-19(11-9-18)28(5,26)27/h6-11,14,17H,12-13H2,1-5H3. The molecule has 5 nitrogen and oxygen atoms in total. The summed E-state index contributed by atoms with van der Waals surface area (Å²) in [7, 11) is -1.56. The molecule has 1 atom stereocenters. The minimum absolute atomic E-state index is 0.0342. The number of carbonyl (C=O) groups excluding carboxylic acids is 2. The summed E-state index contributed by atoms with van der Waals surface area (Å²) in [4.78, 5) is 26.9. The number of ketones is 1. The molecule has 0 radical (unpaired) electrons. The Morgan fingerprint density at radius 1 is 1.00 bits per heavy atom. The molecule has 0 bridgehead atoms. The first kappa shape index (κ1) is 21.8. The van der Waals surface area contributed by atoms with Gasteiger partial charge in [-0.2, -0.15) is 0 Å². The molecule has 2 aromatic carbocycles. The van der Waals surface area contributed by atoms with Gasteiger partial charge in [-0.25, -0.2) is 8.42 Å². The number of amides is 1. The van der Waals surface area contributed by atoms with Crippen LogP contribution in [0.25, 0.3) is 0 Å². The molecule has 0 N–H and O–H groups in total. The molecule has 0 spiro atoms. The molecule has 150 valence electrons. The topological polar surface area (TPSA) is 71.5 Å². The minimum Gasteiger partial charge on any atom is -0.339 e. The molecule has 2 rings (SSSR count). The van der Waals surface area contributed by atoms with E-state index in [0.717, 1.165) is 22.9 Å². The van der Waals surface area contributed by atoms with Gasteiger partial charge in [0.2, 0.25) is 5.91 Å². The molecule has 0 aliphatic rings. The Hall–Kier alpha value is -2.47. The van der Waals surface area contributed by atoms with Crippen molar-refractivity contribution in [2.24, 2.45) is 0 Å². The molecule has 1 amide bonds. The Balaban J connectivity index is 2.01. The number of aryl methyl sites for hydroxylation is 2. The molecule has 6 heteroatoms. The number of carbonyl (C=O) groups is 2. The maximum Gasteiger partial charge on any atom is 0.223 e. The Morgan fingerprint density at radius 3 is 2.18 bits per heavy atom. The Bertz CT molecular complexity index is 978. The summed E-state index contributed by atoms with van der Waals surface area (Å²) >= 11 is 0. The van der Waals surface area contributed by atoms with Gasteiger partial charge in [0.05, 0.1) is 10.9 Å². The highest BCUT2D eigenvalue weighted by atomic mass is 32.2. The van der Waals surface area contributed by atoms with Crippen molar-refractivity contribution in [2.45, 2.75) is 44.6 Å². The summed E-state index contributed by atoms with van der Waals surface area (Å²) in [5, 5.41) is 0. The van der Waals surface area contributed by atoms with Gasteiger partial charge in [-0.3, -0.25) is 9.59 Å². The number of benzene rings is 2. The summed E-state index contributed by atoms with van der Waals surface area (Å²) in [5.41, 5.74) is 3.43. The van der Waals surface area contributed by atoms with Crippen LogP contribution in [0.2, 0.25) is 0 Å². The lowest BCUT2D eigenvalue weighted by molar-refractivity contribution is -0.131. The maximum atomic E-state index is 12.5. The number of Topliss-reactive ketones (excluding diaryl/α,β-unsaturated/α-hetero) is 1. The molecule has 0 fully saturated rings. The van der Waals surface area contributed by atoms with E-state index in [0.29, 0.717) is 5.56 Å². The van der Waals surface area contributed by atoms with Crippen molar-refractivity contribution in [1.82, 2.24) is 4.90 Å². The van der Waals surface area contributed by atoms with Gasteiger partial charge in [0.15, 0.2) is 15.6 Å². The molecular formula is C22H27NO4S. The average molecular weight is 402 g/mol. The van der Waals surface area contributed by atoms with Gasteiger partial charge >= 0.3 is 0 Å². The van der Waals surface area contributed by atoms with Crippen LogP contribution in [0.15, 0.2) is 47.4 Å². The summed E-state index contributed by atoms with van der Waals surface area (Å²) < 4.78 is 23.1. The van der Waals surface area contributed by atoms with Gasteiger partial charge in [0.25, 0.3) is 0 Å². The highest BCUT2D eigenvalue weighted by Crippen LogP contribution is 2.22. The smallest absolute Gasteiger partial charge is 0.223 e. The van der Waals surface area contributed by atoms with Crippen LogP contribution in [0, 0.1) is 13.8 Å². The summed E-state index contributed by atoms with van der Waals surface area (Å²) in [6.45, 7) is 5.70. The molecule has 0 aromatic heterocycles. The van der Waals surface area contributed by atoms with Crippen molar-refractivity contribution in [3.8, 4) is 0 Å². The lowest BCUT2D eigenvalue weighted by Crippen LogP contribution is -2.30. The first-order valence-corrected chi connectivity index (χ1v) is 11.1. The Kier molecular flexibility index (Phi) is 6.77. The van der Waals surface area contributed by atoms with E-state index in [9.17, 15) is 18.0 Å². The predicted octanol–water partition coefficient (Wildman–Crippen LogP) is 3.89. The molecule has 2 aromatic rings. The van der Waals surface area contributed by atoms with E-state index in [1.54, 1.807) is 36.2 Å². The van der Waals surface area contributed by atoms with Gasteiger partial charge < -0.3 is 4.90 Å². The second-order valence-corrected chi connectivity index (χ2v) is 9.28. The van der Waals surface area contributed by atoms with Gasteiger partial charge in [0, 0.05) is 31.7 Å². The SMILES string of the molecule is Cc1ccc(C)c(C(=O)CCC(=O)N(C)C(C)c2ccc(S(C)(=O)=O)cc2)c1. The second-order valence-electron chi connectivity index (χ2n) is 7.26. The van der Waals surface area contributed by atoms with Crippen LogP contribution in [0.5, 0.6) is 0 Å². The summed E-state index contributed by atoms with van der Waals surface area (Å²) in [5.74, 6) is -0.161. The quantitative estimate of drug-likeness (QED) is 0.660. The first-order chi connectivity index (χ1) is 13.0. The second kappa shape index (κ2) is 8.69. The first-order valence-electron chi connectivity index (χ1n) is 9.17. The zero-order chi connectivity index (χ0) is 21.1.